The van der Waals surface area contributed by atoms with Crippen LogP contribution in [0.5, 0.6) is 5.88 Å². The molecule has 0 unspecified atom stereocenters. The maximum absolute atomic E-state index is 9.58. The lowest BCUT2D eigenvalue weighted by atomic mass is 9.96. The molecule has 41 heavy (non-hydrogen) atoms. The van der Waals surface area contributed by atoms with Gasteiger partial charge in [0.1, 0.15) is 11.3 Å². The van der Waals surface area contributed by atoms with Crippen LogP contribution in [0.3, 0.4) is 0 Å². The Morgan fingerprint density at radius 3 is 2.51 bits per heavy atom. The first kappa shape index (κ1) is 28.4. The molecule has 2 aromatic carbocycles. The maximum atomic E-state index is 9.58. The summed E-state index contributed by atoms with van der Waals surface area (Å²) >= 11 is 7.04. The second-order valence-electron chi connectivity index (χ2n) is 9.59. The van der Waals surface area contributed by atoms with E-state index in [4.69, 9.17) is 26.4 Å². The van der Waals surface area contributed by atoms with Gasteiger partial charge in [-0.1, -0.05) is 48.0 Å². The third-order valence-electron chi connectivity index (χ3n) is 6.76. The van der Waals surface area contributed by atoms with Crippen LogP contribution in [0.1, 0.15) is 17.0 Å². The Balaban J connectivity index is 1.47. The summed E-state index contributed by atoms with van der Waals surface area (Å²) in [6.45, 7) is 4.28. The Kier molecular flexibility index (Phi) is 8.70. The average molecular weight is 571 g/mol. The van der Waals surface area contributed by atoms with Gasteiger partial charge >= 0.3 is 0 Å². The minimum Gasteiger partial charge on any atom is -0.481 e. The van der Waals surface area contributed by atoms with Gasteiger partial charge in [0.25, 0.3) is 0 Å². The third kappa shape index (κ3) is 6.13. The Morgan fingerprint density at radius 1 is 0.927 bits per heavy atom. The van der Waals surface area contributed by atoms with E-state index in [1.165, 1.54) is 0 Å². The lowest BCUT2D eigenvalue weighted by Gasteiger charge is -2.17. The molecule has 4 N–H and O–H groups in total. The van der Waals surface area contributed by atoms with Gasteiger partial charge < -0.3 is 25.6 Å². The molecule has 0 saturated carbocycles. The summed E-state index contributed by atoms with van der Waals surface area (Å²) in [4.78, 5) is 18.3. The fraction of sp³-hybridized carbons (Fsp3) is 0.226. The highest BCUT2D eigenvalue weighted by Gasteiger charge is 2.17. The first-order chi connectivity index (χ1) is 19.9. The predicted octanol–water partition coefficient (Wildman–Crippen LogP) is 5.22. The van der Waals surface area contributed by atoms with Crippen molar-refractivity contribution >= 4 is 34.1 Å². The summed E-state index contributed by atoms with van der Waals surface area (Å²) in [6.07, 6.45) is 0.905. The van der Waals surface area contributed by atoms with Crippen LogP contribution in [0, 0.1) is 13.8 Å². The van der Waals surface area contributed by atoms with Crippen molar-refractivity contribution in [1.82, 2.24) is 25.3 Å². The van der Waals surface area contributed by atoms with Crippen molar-refractivity contribution in [3.8, 4) is 28.3 Å². The highest BCUT2D eigenvalue weighted by atomic mass is 35.5. The molecule has 0 radical (unpaired) electrons. The summed E-state index contributed by atoms with van der Waals surface area (Å²) in [6, 6.07) is 19.5. The molecule has 3 heterocycles. The smallest absolute Gasteiger partial charge is 0.218 e. The summed E-state index contributed by atoms with van der Waals surface area (Å²) in [7, 11) is 1.57. The second kappa shape index (κ2) is 12.6. The van der Waals surface area contributed by atoms with Crippen molar-refractivity contribution in [2.45, 2.75) is 26.5 Å². The number of ether oxygens (including phenoxy) is 1. The van der Waals surface area contributed by atoms with Crippen molar-refractivity contribution in [2.24, 2.45) is 0 Å². The number of nitrogens with zero attached hydrogens (tertiary/aromatic N) is 4. The molecule has 0 amide bonds. The average Bonchev–Trinajstić information content (AvgIpc) is 2.98. The highest BCUT2D eigenvalue weighted by molar-refractivity contribution is 6.36. The van der Waals surface area contributed by atoms with E-state index in [2.05, 4.69) is 25.6 Å². The molecule has 0 fully saturated rings. The Labute approximate surface area is 243 Å². The molecule has 0 bridgehead atoms. The fourth-order valence-electron chi connectivity index (χ4n) is 4.67. The molecule has 0 aliphatic rings. The zero-order chi connectivity index (χ0) is 28.9. The topological polar surface area (TPSA) is 125 Å². The summed E-state index contributed by atoms with van der Waals surface area (Å²) in [5.74, 6) is 1.76. The minimum absolute atomic E-state index is 0.256. The standard InChI is InChI=1S/C31H31ClN6O3/c1-18-22(7-5-10-25(18)37-30-29-27(11-6-14-34-29)35-19(2)36-30)23-8-4-9-24(28(23)32)26-13-12-20(31(38-26)41-3)15-33-16-21(40)17-39/h4-14,21,33,39-40H,15-17H2,1-3H3,(H,35,36,37)/t21-/m0/s1. The number of aliphatic hydroxyl groups is 2. The molecule has 0 aliphatic carbocycles. The van der Waals surface area contributed by atoms with Gasteiger partial charge in [-0.3, -0.25) is 4.98 Å². The molecule has 10 heteroatoms. The number of benzene rings is 2. The van der Waals surface area contributed by atoms with Gasteiger partial charge in [0.15, 0.2) is 5.82 Å². The van der Waals surface area contributed by atoms with E-state index in [9.17, 15) is 5.11 Å². The van der Waals surface area contributed by atoms with E-state index in [-0.39, 0.29) is 13.2 Å². The SMILES string of the molecule is COc1nc(-c2cccc(-c3cccc(Nc4nc(C)nc5cccnc45)c3C)c2Cl)ccc1CNC[C@H](O)CO. The number of pyridine rings is 2. The number of nitrogens with one attached hydrogen (secondary N) is 2. The molecule has 0 saturated heterocycles. The molecule has 9 nitrogen and oxygen atoms in total. The number of fused-ring (bicyclic) bond motifs is 1. The van der Waals surface area contributed by atoms with Crippen LogP contribution in [0.4, 0.5) is 11.5 Å². The summed E-state index contributed by atoms with van der Waals surface area (Å²) < 4.78 is 5.55. The Bertz CT molecular complexity index is 1700. The predicted molar refractivity (Wildman–Crippen MR) is 162 cm³/mol. The van der Waals surface area contributed by atoms with E-state index >= 15 is 0 Å². The van der Waals surface area contributed by atoms with Gasteiger partial charge in [0.2, 0.25) is 5.88 Å². The number of aromatic nitrogens is 4. The van der Waals surface area contributed by atoms with Gasteiger partial charge in [-0.05, 0) is 49.2 Å². The van der Waals surface area contributed by atoms with Crippen molar-refractivity contribution in [3.05, 3.63) is 88.8 Å². The number of methoxy groups -OCH3 is 1. The molecule has 5 rings (SSSR count). The lowest BCUT2D eigenvalue weighted by Crippen LogP contribution is -2.29. The van der Waals surface area contributed by atoms with Gasteiger partial charge in [0.05, 0.1) is 36.1 Å². The van der Waals surface area contributed by atoms with Crippen LogP contribution in [0.15, 0.2) is 66.9 Å². The van der Waals surface area contributed by atoms with Gasteiger partial charge in [0, 0.05) is 41.7 Å². The van der Waals surface area contributed by atoms with Gasteiger partial charge in [-0.25, -0.2) is 15.0 Å². The molecule has 210 valence electrons. The van der Waals surface area contributed by atoms with Crippen LogP contribution in [-0.2, 0) is 6.54 Å². The Hall–Kier alpha value is -4.15. The Morgan fingerprint density at radius 2 is 1.71 bits per heavy atom. The zero-order valence-corrected chi connectivity index (χ0v) is 23.8. The van der Waals surface area contributed by atoms with Gasteiger partial charge in [-0.15, -0.1) is 0 Å². The lowest BCUT2D eigenvalue weighted by molar-refractivity contribution is 0.0941. The number of rotatable bonds is 10. The van der Waals surface area contributed by atoms with Crippen LogP contribution in [-0.4, -0.2) is 56.5 Å². The third-order valence-corrected chi connectivity index (χ3v) is 7.16. The highest BCUT2D eigenvalue weighted by Crippen LogP contribution is 2.39. The quantitative estimate of drug-likeness (QED) is 0.179. The number of hydrogen-bond donors (Lipinski definition) is 4. The van der Waals surface area contributed by atoms with E-state index < -0.39 is 6.10 Å². The first-order valence-electron chi connectivity index (χ1n) is 13.2. The molecule has 0 spiro atoms. The van der Waals surface area contributed by atoms with Crippen LogP contribution in [0.2, 0.25) is 5.02 Å². The summed E-state index contributed by atoms with van der Waals surface area (Å²) in [5.41, 5.74) is 7.49. The minimum atomic E-state index is -0.826. The van der Waals surface area contributed by atoms with E-state index in [0.717, 1.165) is 39.0 Å². The number of aryl methyl sites for hydroxylation is 1. The van der Waals surface area contributed by atoms with E-state index in [1.54, 1.807) is 13.3 Å². The molecule has 0 aliphatic heterocycles. The van der Waals surface area contributed by atoms with Gasteiger partial charge in [-0.2, -0.15) is 0 Å². The zero-order valence-electron chi connectivity index (χ0n) is 23.0. The second-order valence-corrected chi connectivity index (χ2v) is 9.97. The van der Waals surface area contributed by atoms with E-state index in [1.807, 2.05) is 74.5 Å². The van der Waals surface area contributed by atoms with Crippen molar-refractivity contribution in [1.29, 1.82) is 0 Å². The molecule has 3 aromatic heterocycles. The van der Waals surface area contributed by atoms with Crippen molar-refractivity contribution < 1.29 is 14.9 Å². The largest absolute Gasteiger partial charge is 0.481 e. The van der Waals surface area contributed by atoms with Crippen molar-refractivity contribution in [3.63, 3.8) is 0 Å². The molecular formula is C31H31ClN6O3. The monoisotopic (exact) mass is 570 g/mol. The number of halogens is 1. The molecular weight excluding hydrogens is 540 g/mol. The number of hydrogen-bond acceptors (Lipinski definition) is 9. The normalized spacial score (nSPS) is 12.0. The van der Waals surface area contributed by atoms with Crippen LogP contribution < -0.4 is 15.4 Å². The fourth-order valence-corrected chi connectivity index (χ4v) is 4.99. The van der Waals surface area contributed by atoms with Crippen LogP contribution in [0.25, 0.3) is 33.4 Å². The number of aliphatic hydroxyl groups excluding tert-OH is 2. The van der Waals surface area contributed by atoms with Crippen molar-refractivity contribution in [2.75, 3.05) is 25.6 Å². The molecule has 5 aromatic rings. The van der Waals surface area contributed by atoms with E-state index in [0.29, 0.717) is 40.3 Å². The number of anilines is 2. The molecule has 1 atom stereocenters. The first-order valence-corrected chi connectivity index (χ1v) is 13.6. The summed E-state index contributed by atoms with van der Waals surface area (Å²) in [5, 5.41) is 25.7. The maximum Gasteiger partial charge on any atom is 0.218 e. The van der Waals surface area contributed by atoms with Crippen LogP contribution >= 0.6 is 11.6 Å².